The molecule has 194 valence electrons. The first-order chi connectivity index (χ1) is 17.4. The fourth-order valence-corrected chi connectivity index (χ4v) is 6.63. The number of rotatable bonds is 8. The van der Waals surface area contributed by atoms with Crippen molar-refractivity contribution in [3.05, 3.63) is 59.7 Å². The Morgan fingerprint density at radius 1 is 0.944 bits per heavy atom. The van der Waals surface area contributed by atoms with Crippen molar-refractivity contribution in [3.8, 4) is 11.5 Å². The van der Waals surface area contributed by atoms with Gasteiger partial charge in [0.2, 0.25) is 0 Å². The molecule has 2 aromatic carbocycles. The van der Waals surface area contributed by atoms with E-state index in [2.05, 4.69) is 59.1 Å². The van der Waals surface area contributed by atoms with E-state index >= 15 is 0 Å². The van der Waals surface area contributed by atoms with E-state index in [4.69, 9.17) is 9.47 Å². The predicted octanol–water partition coefficient (Wildman–Crippen LogP) is 5.51. The fourth-order valence-electron chi connectivity index (χ4n) is 6.63. The zero-order valence-corrected chi connectivity index (χ0v) is 22.3. The minimum absolute atomic E-state index is 0.0472. The number of methoxy groups -OCH3 is 2. The number of amides is 2. The van der Waals surface area contributed by atoms with Crippen LogP contribution in [0.15, 0.2) is 48.5 Å². The maximum Gasteiger partial charge on any atom is 0.320 e. The summed E-state index contributed by atoms with van der Waals surface area (Å²) in [7, 11) is 7.80. The number of benzene rings is 2. The van der Waals surface area contributed by atoms with Gasteiger partial charge in [-0.2, -0.15) is 0 Å². The molecule has 3 aliphatic rings. The van der Waals surface area contributed by atoms with Crippen LogP contribution in [0, 0.1) is 5.92 Å². The van der Waals surface area contributed by atoms with E-state index in [0.29, 0.717) is 12.5 Å². The molecule has 2 amide bonds. The summed E-state index contributed by atoms with van der Waals surface area (Å²) in [6.07, 6.45) is 7.89. The highest BCUT2D eigenvalue weighted by molar-refractivity contribution is 5.78. The molecule has 0 aromatic heterocycles. The van der Waals surface area contributed by atoms with Gasteiger partial charge in [-0.05, 0) is 93.9 Å². The molecule has 1 aliphatic heterocycles. The number of urea groups is 1. The van der Waals surface area contributed by atoms with Crippen molar-refractivity contribution >= 4 is 6.03 Å². The van der Waals surface area contributed by atoms with Crippen LogP contribution in [0.4, 0.5) is 4.79 Å². The molecule has 3 fully saturated rings. The minimum atomic E-state index is -0.0858. The largest absolute Gasteiger partial charge is 0.497 e. The molecule has 1 heterocycles. The molecule has 2 saturated carbocycles. The molecule has 1 saturated heterocycles. The third-order valence-electron chi connectivity index (χ3n) is 9.23. The summed E-state index contributed by atoms with van der Waals surface area (Å²) in [5.41, 5.74) is 2.33. The van der Waals surface area contributed by atoms with Gasteiger partial charge in [-0.25, -0.2) is 4.79 Å². The lowest BCUT2D eigenvalue weighted by Crippen LogP contribution is -2.56. The summed E-state index contributed by atoms with van der Waals surface area (Å²) in [5.74, 6) is 2.41. The Bertz CT molecular complexity index is 1060. The highest BCUT2D eigenvalue weighted by Crippen LogP contribution is 2.50. The van der Waals surface area contributed by atoms with Crippen LogP contribution < -0.4 is 9.47 Å². The lowest BCUT2D eigenvalue weighted by Gasteiger charge is -2.51. The third-order valence-corrected chi connectivity index (χ3v) is 9.23. The van der Waals surface area contributed by atoms with Gasteiger partial charge in [0.25, 0.3) is 0 Å². The zero-order chi connectivity index (χ0) is 25.3. The molecular formula is C30H41N3O3. The zero-order valence-electron chi connectivity index (χ0n) is 22.3. The molecule has 5 rings (SSSR count). The smallest absolute Gasteiger partial charge is 0.320 e. The molecule has 0 atom stereocenters. The number of nitrogens with zero attached hydrogens (tertiary/aromatic N) is 3. The average Bonchev–Trinajstić information content (AvgIpc) is 3.12. The van der Waals surface area contributed by atoms with E-state index in [1.54, 1.807) is 14.2 Å². The Labute approximate surface area is 216 Å². The van der Waals surface area contributed by atoms with E-state index in [9.17, 15) is 4.79 Å². The van der Waals surface area contributed by atoms with E-state index in [1.165, 1.54) is 24.8 Å². The first-order valence-corrected chi connectivity index (χ1v) is 13.4. The quantitative estimate of drug-likeness (QED) is 0.488. The normalized spacial score (nSPS) is 26.5. The number of hydrogen-bond donors (Lipinski definition) is 0. The van der Waals surface area contributed by atoms with Gasteiger partial charge in [0.1, 0.15) is 11.5 Å². The number of hydrogen-bond acceptors (Lipinski definition) is 4. The molecular weight excluding hydrogens is 450 g/mol. The Morgan fingerprint density at radius 3 is 2.22 bits per heavy atom. The molecule has 2 aromatic rings. The molecule has 0 radical (unpaired) electrons. The van der Waals surface area contributed by atoms with Gasteiger partial charge in [-0.15, -0.1) is 0 Å². The van der Waals surface area contributed by atoms with Crippen molar-refractivity contribution in [2.45, 2.75) is 62.6 Å². The lowest BCUT2D eigenvalue weighted by atomic mass is 9.68. The van der Waals surface area contributed by atoms with Crippen LogP contribution in [-0.4, -0.2) is 67.7 Å². The van der Waals surface area contributed by atoms with Crippen molar-refractivity contribution in [3.63, 3.8) is 0 Å². The van der Waals surface area contributed by atoms with Crippen LogP contribution in [-0.2, 0) is 12.1 Å². The van der Waals surface area contributed by atoms with Crippen molar-refractivity contribution in [2.24, 2.45) is 5.92 Å². The minimum Gasteiger partial charge on any atom is -0.497 e. The highest BCUT2D eigenvalue weighted by atomic mass is 16.5. The van der Waals surface area contributed by atoms with Crippen LogP contribution in [0.3, 0.4) is 0 Å². The summed E-state index contributed by atoms with van der Waals surface area (Å²) in [5, 5.41) is 0. The van der Waals surface area contributed by atoms with Gasteiger partial charge in [0.15, 0.2) is 0 Å². The molecule has 2 aliphatic carbocycles. The van der Waals surface area contributed by atoms with Crippen molar-refractivity contribution in [1.29, 1.82) is 0 Å². The van der Waals surface area contributed by atoms with Crippen LogP contribution in [0.1, 0.15) is 56.1 Å². The molecule has 0 N–H and O–H groups in total. The monoisotopic (exact) mass is 491 g/mol. The van der Waals surface area contributed by atoms with Crippen LogP contribution in [0.25, 0.3) is 0 Å². The number of carbonyl (C=O) groups is 1. The second kappa shape index (κ2) is 9.97. The van der Waals surface area contributed by atoms with Crippen molar-refractivity contribution in [2.75, 3.05) is 41.4 Å². The summed E-state index contributed by atoms with van der Waals surface area (Å²) in [6, 6.07) is 16.9. The molecule has 6 heteroatoms. The molecule has 1 spiro atoms. The maximum absolute atomic E-state index is 13.8. The van der Waals surface area contributed by atoms with Gasteiger partial charge in [-0.1, -0.05) is 30.7 Å². The van der Waals surface area contributed by atoms with Gasteiger partial charge < -0.3 is 19.3 Å². The third kappa shape index (κ3) is 4.45. The fraction of sp³-hybridized carbons (Fsp3) is 0.567. The molecule has 0 bridgehead atoms. The Morgan fingerprint density at radius 2 is 1.64 bits per heavy atom. The Hall–Kier alpha value is -2.73. The van der Waals surface area contributed by atoms with Crippen LogP contribution in [0.5, 0.6) is 11.5 Å². The van der Waals surface area contributed by atoms with E-state index in [-0.39, 0.29) is 17.1 Å². The van der Waals surface area contributed by atoms with Gasteiger partial charge >= 0.3 is 6.03 Å². The first-order valence-electron chi connectivity index (χ1n) is 13.4. The predicted molar refractivity (Wildman–Crippen MR) is 142 cm³/mol. The second-order valence-electron chi connectivity index (χ2n) is 11.3. The Balaban J connectivity index is 1.39. The lowest BCUT2D eigenvalue weighted by molar-refractivity contribution is 0.0158. The summed E-state index contributed by atoms with van der Waals surface area (Å²) >= 11 is 0. The number of carbonyl (C=O) groups excluding carboxylic acids is 1. The average molecular weight is 492 g/mol. The number of ether oxygens (including phenoxy) is 2. The summed E-state index contributed by atoms with van der Waals surface area (Å²) in [6.45, 7) is 2.37. The maximum atomic E-state index is 13.8. The topological polar surface area (TPSA) is 45.3 Å². The van der Waals surface area contributed by atoms with Crippen molar-refractivity contribution < 1.29 is 14.3 Å². The van der Waals surface area contributed by atoms with Crippen LogP contribution in [0.2, 0.25) is 0 Å². The molecule has 6 nitrogen and oxygen atoms in total. The van der Waals surface area contributed by atoms with Crippen molar-refractivity contribution in [1.82, 2.24) is 14.7 Å². The van der Waals surface area contributed by atoms with E-state index in [1.807, 2.05) is 18.2 Å². The standard InChI is InChI=1S/C30H41N3O3/c1-31(2)30(25-9-6-10-27(19-25)36-4)17-15-29(16-18-30)22-32(20-24-11-13-26(35-3)14-12-24)28(34)33(29)21-23-7-5-8-23/h6,9-14,19,23H,5,7-8,15-18,20-22H2,1-4H3. The van der Waals surface area contributed by atoms with E-state index in [0.717, 1.165) is 55.8 Å². The van der Waals surface area contributed by atoms with Gasteiger partial charge in [0.05, 0.1) is 19.8 Å². The second-order valence-corrected chi connectivity index (χ2v) is 11.3. The first kappa shape index (κ1) is 24.9. The van der Waals surface area contributed by atoms with Gasteiger partial charge in [-0.3, -0.25) is 4.90 Å². The van der Waals surface area contributed by atoms with E-state index < -0.39 is 0 Å². The van der Waals surface area contributed by atoms with Gasteiger partial charge in [0, 0.05) is 25.2 Å². The Kier molecular flexibility index (Phi) is 6.90. The summed E-state index contributed by atoms with van der Waals surface area (Å²) < 4.78 is 10.9. The van der Waals surface area contributed by atoms with Crippen LogP contribution >= 0.6 is 0 Å². The summed E-state index contributed by atoms with van der Waals surface area (Å²) in [4.78, 5) is 20.6. The highest BCUT2D eigenvalue weighted by Gasteiger charge is 2.54. The SMILES string of the molecule is COc1ccc(CN2CC3(CCC(c4cccc(OC)c4)(N(C)C)CC3)N(CC3CCC3)C2=O)cc1. The molecule has 0 unspecified atom stereocenters. The molecule has 36 heavy (non-hydrogen) atoms.